The maximum atomic E-state index is 14.1. The highest BCUT2D eigenvalue weighted by Gasteiger charge is 2.76. The highest BCUT2D eigenvalue weighted by atomic mass is 79.9. The normalized spacial score (nSPS) is 31.0. The molecule has 0 aromatic heterocycles. The quantitative estimate of drug-likeness (QED) is 0.174. The van der Waals surface area contributed by atoms with Crippen LogP contribution in [0.3, 0.4) is 0 Å². The van der Waals surface area contributed by atoms with Crippen LogP contribution in [0.25, 0.3) is 0 Å². The van der Waals surface area contributed by atoms with E-state index in [2.05, 4.69) is 15.9 Å². The molecule has 11 nitrogen and oxygen atoms in total. The molecular weight excluding hydrogens is 683 g/mol. The van der Waals surface area contributed by atoms with Gasteiger partial charge >= 0.3 is 5.97 Å². The number of fused-ring (bicyclic) bond motifs is 4. The zero-order valence-electron chi connectivity index (χ0n) is 23.0. The van der Waals surface area contributed by atoms with Gasteiger partial charge in [-0.1, -0.05) is 33.6 Å². The number of benzene rings is 2. The number of anilines is 1. The lowest BCUT2D eigenvalue weighted by Crippen LogP contribution is -2.60. The third-order valence-electron chi connectivity index (χ3n) is 9.10. The van der Waals surface area contributed by atoms with Crippen LogP contribution in [0, 0.1) is 17.8 Å². The Labute approximate surface area is 269 Å². The number of alkyl halides is 3. The number of ether oxygens (including phenoxy) is 1. The zero-order chi connectivity index (χ0) is 31.9. The van der Waals surface area contributed by atoms with Crippen molar-refractivity contribution < 1.29 is 44.0 Å². The molecule has 2 aromatic carbocycles. The molecule has 2 aliphatic carbocycles. The first-order valence-corrected chi connectivity index (χ1v) is 15.6. The molecule has 2 heterocycles. The summed E-state index contributed by atoms with van der Waals surface area (Å²) >= 11 is 17.6. The molecule has 44 heavy (non-hydrogen) atoms. The molecule has 230 valence electrons. The minimum absolute atomic E-state index is 0.00411. The molecule has 14 heteroatoms. The van der Waals surface area contributed by atoms with E-state index in [1.807, 2.05) is 0 Å². The Balaban J connectivity index is 1.49. The number of rotatable bonds is 6. The highest BCUT2D eigenvalue weighted by molar-refractivity contribution is 9.09. The number of imide groups is 2. The second-order valence-corrected chi connectivity index (χ2v) is 12.9. The van der Waals surface area contributed by atoms with Crippen LogP contribution in [-0.2, 0) is 19.2 Å². The van der Waals surface area contributed by atoms with Crippen molar-refractivity contribution in [1.29, 1.82) is 0 Å². The Kier molecular flexibility index (Phi) is 7.25. The zero-order valence-corrected chi connectivity index (χ0v) is 26.1. The number of carbonyl (C=O) groups is 5. The van der Waals surface area contributed by atoms with Crippen LogP contribution in [0.2, 0.25) is 0 Å². The molecule has 6 atom stereocenters. The Morgan fingerprint density at radius 1 is 1.02 bits per heavy atom. The molecule has 4 amide bonds. The molecule has 1 saturated carbocycles. The lowest BCUT2D eigenvalue weighted by molar-refractivity contribution is -0.138. The monoisotopic (exact) mass is 706 g/mol. The van der Waals surface area contributed by atoms with Crippen molar-refractivity contribution in [2.75, 3.05) is 17.0 Å². The van der Waals surface area contributed by atoms with Gasteiger partial charge in [0, 0.05) is 12.0 Å². The summed E-state index contributed by atoms with van der Waals surface area (Å²) in [5, 5.41) is 29.9. The smallest absolute Gasteiger partial charge is 0.339 e. The van der Waals surface area contributed by atoms with Gasteiger partial charge in [0.15, 0.2) is 21.2 Å². The van der Waals surface area contributed by atoms with E-state index in [1.54, 1.807) is 19.1 Å². The van der Waals surface area contributed by atoms with Crippen LogP contribution >= 0.6 is 39.1 Å². The summed E-state index contributed by atoms with van der Waals surface area (Å²) in [6.07, 6.45) is 1.65. The van der Waals surface area contributed by atoms with Crippen molar-refractivity contribution in [3.63, 3.8) is 0 Å². The van der Waals surface area contributed by atoms with Crippen LogP contribution in [0.4, 0.5) is 5.69 Å². The molecule has 0 bridgehead atoms. The largest absolute Gasteiger partial charge is 0.507 e. The third kappa shape index (κ3) is 3.96. The average molecular weight is 708 g/mol. The number of hydrogen-bond acceptors (Lipinski definition) is 8. The maximum Gasteiger partial charge on any atom is 0.339 e. The number of aromatic hydroxyl groups is 2. The van der Waals surface area contributed by atoms with E-state index in [4.69, 9.17) is 27.9 Å². The second-order valence-electron chi connectivity index (χ2n) is 11.2. The number of phenolic OH excluding ortho intramolecular Hbond substituents is 1. The lowest BCUT2D eigenvalue weighted by Gasteiger charge is -2.50. The van der Waals surface area contributed by atoms with Crippen LogP contribution in [0.1, 0.15) is 41.6 Å². The molecule has 3 fully saturated rings. The lowest BCUT2D eigenvalue weighted by atomic mass is 9.56. The van der Waals surface area contributed by atoms with Crippen molar-refractivity contribution in [2.24, 2.45) is 17.8 Å². The standard InChI is InChI=1S/C30H25BrCl2N2O9/c1-2-44-21-9-13(3-8-19(21)36)23-15-6-7-17-22(18(15)11-29(32)27(42)34(12-31)28(43)30(23,29)33)25(39)35(24(17)38)14-4-5-16(26(40)41)20(37)10-14/h3-6,8-10,17-18,22-23,36-37H,2,7,11-12H2,1H3,(H,40,41)/t17-,18+,22-,23-,29+,30-/m0/s1. The number of halogens is 3. The number of carbonyl (C=O) groups excluding carboxylic acids is 4. The summed E-state index contributed by atoms with van der Waals surface area (Å²) in [6, 6.07) is 7.86. The van der Waals surface area contributed by atoms with Gasteiger partial charge in [-0.25, -0.2) is 9.69 Å². The predicted octanol–water partition coefficient (Wildman–Crippen LogP) is 4.11. The summed E-state index contributed by atoms with van der Waals surface area (Å²) in [6.45, 7) is 1.96. The number of nitrogens with zero attached hydrogens (tertiary/aromatic N) is 2. The van der Waals surface area contributed by atoms with Gasteiger partial charge in [0.25, 0.3) is 11.8 Å². The molecule has 4 aliphatic rings. The third-order valence-corrected chi connectivity index (χ3v) is 11.0. The Morgan fingerprint density at radius 3 is 2.39 bits per heavy atom. The van der Waals surface area contributed by atoms with Crippen molar-refractivity contribution >= 4 is 74.4 Å². The molecule has 0 radical (unpaired) electrons. The predicted molar refractivity (Wildman–Crippen MR) is 160 cm³/mol. The fourth-order valence-electron chi connectivity index (χ4n) is 7.20. The summed E-state index contributed by atoms with van der Waals surface area (Å²) in [4.78, 5) is 64.6. The topological polar surface area (TPSA) is 162 Å². The fourth-order valence-corrected chi connectivity index (χ4v) is 8.63. The van der Waals surface area contributed by atoms with Crippen LogP contribution in [0.15, 0.2) is 48.0 Å². The molecular formula is C30H25BrCl2N2O9. The molecule has 2 aromatic rings. The summed E-state index contributed by atoms with van der Waals surface area (Å²) in [7, 11) is 0. The first-order chi connectivity index (χ1) is 20.8. The summed E-state index contributed by atoms with van der Waals surface area (Å²) < 4.78 is 5.58. The molecule has 2 saturated heterocycles. The van der Waals surface area contributed by atoms with E-state index in [9.17, 15) is 39.3 Å². The Bertz CT molecular complexity index is 1700. The van der Waals surface area contributed by atoms with Crippen LogP contribution < -0.4 is 9.64 Å². The van der Waals surface area contributed by atoms with Crippen molar-refractivity contribution in [1.82, 2.24) is 4.90 Å². The SMILES string of the molecule is CCOc1cc([C@H]2C3=CC[C@@H]4C(=O)N(c5ccc(C(=O)O)c(O)c5)C(=O)[C@@H]4[C@@H]3C[C@@]3(Cl)C(=O)N(CBr)C(=O)[C@@]23Cl)ccc1O. The number of phenols is 2. The fraction of sp³-hybridized carbons (Fsp3) is 0.367. The number of allylic oxidation sites excluding steroid dienone is 2. The second kappa shape index (κ2) is 10.5. The van der Waals surface area contributed by atoms with E-state index in [0.29, 0.717) is 11.1 Å². The maximum absolute atomic E-state index is 14.1. The number of likely N-dealkylation sites (tertiary alicyclic amines) is 1. The van der Waals surface area contributed by atoms with E-state index < -0.39 is 74.3 Å². The van der Waals surface area contributed by atoms with Gasteiger partial charge in [-0.3, -0.25) is 24.1 Å². The first kappa shape index (κ1) is 30.4. The average Bonchev–Trinajstić information content (AvgIpc) is 3.31. The van der Waals surface area contributed by atoms with E-state index in [1.165, 1.54) is 18.2 Å². The van der Waals surface area contributed by atoms with Gasteiger partial charge in [-0.2, -0.15) is 0 Å². The van der Waals surface area contributed by atoms with Gasteiger partial charge in [0.2, 0.25) is 11.8 Å². The Morgan fingerprint density at radius 2 is 1.75 bits per heavy atom. The minimum Gasteiger partial charge on any atom is -0.507 e. The van der Waals surface area contributed by atoms with Gasteiger partial charge in [0.05, 0.1) is 29.6 Å². The number of amides is 4. The van der Waals surface area contributed by atoms with Gasteiger partial charge in [-0.15, -0.1) is 23.2 Å². The van der Waals surface area contributed by atoms with Crippen LogP contribution in [0.5, 0.6) is 17.2 Å². The van der Waals surface area contributed by atoms with Crippen LogP contribution in [-0.4, -0.2) is 71.6 Å². The summed E-state index contributed by atoms with van der Waals surface area (Å²) in [5.41, 5.74) is 0.400. The first-order valence-electron chi connectivity index (χ1n) is 13.7. The van der Waals surface area contributed by atoms with Gasteiger partial charge in [-0.05, 0) is 55.5 Å². The number of carboxylic acid groups (broad SMARTS) is 1. The van der Waals surface area contributed by atoms with Gasteiger partial charge in [0.1, 0.15) is 11.3 Å². The van der Waals surface area contributed by atoms with Crippen molar-refractivity contribution in [3.05, 3.63) is 59.2 Å². The van der Waals surface area contributed by atoms with Crippen molar-refractivity contribution in [2.45, 2.75) is 35.4 Å². The van der Waals surface area contributed by atoms with E-state index in [0.717, 1.165) is 21.9 Å². The number of hydrogen-bond donors (Lipinski definition) is 3. The van der Waals surface area contributed by atoms with Gasteiger partial charge < -0.3 is 20.1 Å². The summed E-state index contributed by atoms with van der Waals surface area (Å²) in [5.74, 6) is -8.34. The van der Waals surface area contributed by atoms with E-state index >= 15 is 0 Å². The molecule has 6 rings (SSSR count). The number of carboxylic acids is 1. The molecule has 3 N–H and O–H groups in total. The molecule has 0 unspecified atom stereocenters. The number of aromatic carboxylic acids is 1. The Hall–Kier alpha value is -3.61. The minimum atomic E-state index is -2.02. The van der Waals surface area contributed by atoms with E-state index in [-0.39, 0.29) is 42.1 Å². The van der Waals surface area contributed by atoms with Crippen molar-refractivity contribution in [3.8, 4) is 17.2 Å². The molecule has 0 spiro atoms. The molecule has 2 aliphatic heterocycles. The highest BCUT2D eigenvalue weighted by Crippen LogP contribution is 2.65.